The average Bonchev–Trinajstić information content (AvgIpc) is 2.94. The molecule has 2 heterocycles. The fourth-order valence-corrected chi connectivity index (χ4v) is 2.73. The Morgan fingerprint density at radius 1 is 1.47 bits per heavy atom. The first-order chi connectivity index (χ1) is 8.20. The van der Waals surface area contributed by atoms with Crippen molar-refractivity contribution in [2.45, 2.75) is 39.9 Å². The van der Waals surface area contributed by atoms with Gasteiger partial charge in [-0.1, -0.05) is 0 Å². The summed E-state index contributed by atoms with van der Waals surface area (Å²) in [6.07, 6.45) is 3.82. The fraction of sp³-hybridized carbons (Fsp3) is 0.462. The van der Waals surface area contributed by atoms with Gasteiger partial charge in [0.15, 0.2) is 0 Å². The summed E-state index contributed by atoms with van der Waals surface area (Å²) in [7, 11) is 0. The number of aromatic nitrogens is 2. The van der Waals surface area contributed by atoms with E-state index in [2.05, 4.69) is 47.8 Å². The van der Waals surface area contributed by atoms with Crippen molar-refractivity contribution in [2.24, 2.45) is 0 Å². The molecule has 0 radical (unpaired) electrons. The molecule has 4 heteroatoms. The van der Waals surface area contributed by atoms with Crippen molar-refractivity contribution in [3.05, 3.63) is 40.1 Å². The monoisotopic (exact) mass is 249 g/mol. The second kappa shape index (κ2) is 5.47. The highest BCUT2D eigenvalue weighted by molar-refractivity contribution is 7.12. The lowest BCUT2D eigenvalue weighted by molar-refractivity contribution is 0.556. The van der Waals surface area contributed by atoms with E-state index in [-0.39, 0.29) is 0 Å². The minimum Gasteiger partial charge on any atom is -0.334 e. The van der Waals surface area contributed by atoms with Crippen LogP contribution in [-0.4, -0.2) is 9.55 Å². The third-order valence-electron chi connectivity index (χ3n) is 2.92. The number of imidazole rings is 1. The molecular formula is C13H19N3S. The van der Waals surface area contributed by atoms with Crippen LogP contribution in [0, 0.1) is 6.92 Å². The van der Waals surface area contributed by atoms with Crippen LogP contribution in [0.3, 0.4) is 0 Å². The highest BCUT2D eigenvalue weighted by Crippen LogP contribution is 2.22. The van der Waals surface area contributed by atoms with E-state index in [1.807, 2.05) is 23.9 Å². The number of nitrogens with one attached hydrogen (secondary N) is 1. The topological polar surface area (TPSA) is 29.9 Å². The molecule has 2 aromatic rings. The summed E-state index contributed by atoms with van der Waals surface area (Å²) in [5.74, 6) is 0. The van der Waals surface area contributed by atoms with Gasteiger partial charge < -0.3 is 9.88 Å². The van der Waals surface area contributed by atoms with E-state index in [1.54, 1.807) is 0 Å². The van der Waals surface area contributed by atoms with Crippen molar-refractivity contribution in [2.75, 3.05) is 0 Å². The zero-order valence-electron chi connectivity index (χ0n) is 10.6. The van der Waals surface area contributed by atoms with Crippen LogP contribution < -0.4 is 5.32 Å². The highest BCUT2D eigenvalue weighted by atomic mass is 32.1. The molecule has 0 bridgehead atoms. The summed E-state index contributed by atoms with van der Waals surface area (Å²) in [6.45, 7) is 8.33. The van der Waals surface area contributed by atoms with Crippen molar-refractivity contribution in [3.63, 3.8) is 0 Å². The smallest absolute Gasteiger partial charge is 0.0948 e. The van der Waals surface area contributed by atoms with E-state index in [4.69, 9.17) is 0 Å². The van der Waals surface area contributed by atoms with E-state index < -0.39 is 0 Å². The number of aryl methyl sites for hydroxylation is 2. The molecule has 92 valence electrons. The van der Waals surface area contributed by atoms with Gasteiger partial charge in [0.1, 0.15) is 0 Å². The molecule has 0 aliphatic heterocycles. The number of nitrogens with zero attached hydrogens (tertiary/aromatic N) is 2. The molecule has 0 aromatic carbocycles. The molecule has 0 fully saturated rings. The van der Waals surface area contributed by atoms with Crippen molar-refractivity contribution in [1.29, 1.82) is 0 Å². The molecular weight excluding hydrogens is 230 g/mol. The van der Waals surface area contributed by atoms with Gasteiger partial charge in [0.25, 0.3) is 0 Å². The second-order valence-corrected chi connectivity index (χ2v) is 5.54. The van der Waals surface area contributed by atoms with Gasteiger partial charge in [-0.25, -0.2) is 4.98 Å². The molecule has 2 aromatic heterocycles. The first-order valence-electron chi connectivity index (χ1n) is 5.99. The van der Waals surface area contributed by atoms with E-state index in [0.29, 0.717) is 6.04 Å². The Kier molecular flexibility index (Phi) is 3.97. The Morgan fingerprint density at radius 2 is 2.29 bits per heavy atom. The molecule has 0 saturated heterocycles. The molecule has 1 unspecified atom stereocenters. The van der Waals surface area contributed by atoms with Crippen molar-refractivity contribution in [1.82, 2.24) is 14.9 Å². The molecule has 0 amide bonds. The van der Waals surface area contributed by atoms with Crippen LogP contribution in [0.25, 0.3) is 0 Å². The van der Waals surface area contributed by atoms with E-state index >= 15 is 0 Å². The standard InChI is InChI=1S/C13H19N3S/c1-4-16-9-14-7-12(16)8-15-11(3)13-6-5-10(2)17-13/h5-7,9,11,15H,4,8H2,1-3H3. The van der Waals surface area contributed by atoms with E-state index in [1.165, 1.54) is 15.4 Å². The van der Waals surface area contributed by atoms with Gasteiger partial charge >= 0.3 is 0 Å². The molecule has 0 spiro atoms. The lowest BCUT2D eigenvalue weighted by atomic mass is 10.2. The van der Waals surface area contributed by atoms with Gasteiger partial charge in [0.05, 0.1) is 12.0 Å². The van der Waals surface area contributed by atoms with Crippen LogP contribution in [0.5, 0.6) is 0 Å². The number of hydrogen-bond acceptors (Lipinski definition) is 3. The summed E-state index contributed by atoms with van der Waals surface area (Å²) < 4.78 is 2.17. The maximum absolute atomic E-state index is 4.17. The molecule has 17 heavy (non-hydrogen) atoms. The Labute approximate surface area is 107 Å². The molecule has 0 aliphatic rings. The summed E-state index contributed by atoms with van der Waals surface area (Å²) in [4.78, 5) is 6.93. The van der Waals surface area contributed by atoms with Gasteiger partial charge in [0, 0.05) is 35.1 Å². The first kappa shape index (κ1) is 12.3. The summed E-state index contributed by atoms with van der Waals surface area (Å²) in [6, 6.07) is 4.78. The van der Waals surface area contributed by atoms with E-state index in [9.17, 15) is 0 Å². The molecule has 1 N–H and O–H groups in total. The lowest BCUT2D eigenvalue weighted by Crippen LogP contribution is -2.19. The minimum absolute atomic E-state index is 0.397. The Morgan fingerprint density at radius 3 is 2.94 bits per heavy atom. The Hall–Kier alpha value is -1.13. The minimum atomic E-state index is 0.397. The quantitative estimate of drug-likeness (QED) is 0.882. The van der Waals surface area contributed by atoms with Gasteiger partial charge in [0.2, 0.25) is 0 Å². The third kappa shape index (κ3) is 2.96. The fourth-order valence-electron chi connectivity index (χ4n) is 1.82. The molecule has 0 saturated carbocycles. The second-order valence-electron chi connectivity index (χ2n) is 4.22. The molecule has 1 atom stereocenters. The zero-order chi connectivity index (χ0) is 12.3. The predicted molar refractivity (Wildman–Crippen MR) is 72.2 cm³/mol. The van der Waals surface area contributed by atoms with Gasteiger partial charge in [-0.05, 0) is 32.9 Å². The Balaban J connectivity index is 1.94. The zero-order valence-corrected chi connectivity index (χ0v) is 11.4. The van der Waals surface area contributed by atoms with Crippen LogP contribution in [0.4, 0.5) is 0 Å². The SMILES string of the molecule is CCn1cncc1CNC(C)c1ccc(C)s1. The van der Waals surface area contributed by atoms with Gasteiger partial charge in [-0.3, -0.25) is 0 Å². The van der Waals surface area contributed by atoms with Crippen LogP contribution in [0.15, 0.2) is 24.7 Å². The van der Waals surface area contributed by atoms with E-state index in [0.717, 1.165) is 13.1 Å². The Bertz CT molecular complexity index is 472. The van der Waals surface area contributed by atoms with Crippen molar-refractivity contribution in [3.8, 4) is 0 Å². The highest BCUT2D eigenvalue weighted by Gasteiger charge is 2.08. The predicted octanol–water partition coefficient (Wildman–Crippen LogP) is 3.12. The molecule has 3 nitrogen and oxygen atoms in total. The molecule has 2 rings (SSSR count). The normalized spacial score (nSPS) is 12.9. The molecule has 0 aliphatic carbocycles. The van der Waals surface area contributed by atoms with Crippen LogP contribution >= 0.6 is 11.3 Å². The van der Waals surface area contributed by atoms with Crippen LogP contribution in [0.1, 0.15) is 35.3 Å². The van der Waals surface area contributed by atoms with Crippen LogP contribution in [-0.2, 0) is 13.1 Å². The van der Waals surface area contributed by atoms with Crippen molar-refractivity contribution >= 4 is 11.3 Å². The first-order valence-corrected chi connectivity index (χ1v) is 6.81. The summed E-state index contributed by atoms with van der Waals surface area (Å²) in [5, 5.41) is 3.54. The maximum Gasteiger partial charge on any atom is 0.0948 e. The van der Waals surface area contributed by atoms with Gasteiger partial charge in [-0.15, -0.1) is 11.3 Å². The largest absolute Gasteiger partial charge is 0.334 e. The number of hydrogen-bond donors (Lipinski definition) is 1. The summed E-state index contributed by atoms with van der Waals surface area (Å²) >= 11 is 1.86. The van der Waals surface area contributed by atoms with Crippen molar-refractivity contribution < 1.29 is 0 Å². The summed E-state index contributed by atoms with van der Waals surface area (Å²) in [5.41, 5.74) is 1.24. The number of rotatable bonds is 5. The average molecular weight is 249 g/mol. The third-order valence-corrected chi connectivity index (χ3v) is 4.10. The lowest BCUT2D eigenvalue weighted by Gasteiger charge is -2.12. The van der Waals surface area contributed by atoms with Gasteiger partial charge in [-0.2, -0.15) is 0 Å². The van der Waals surface area contributed by atoms with Crippen LogP contribution in [0.2, 0.25) is 0 Å². The number of thiophene rings is 1. The maximum atomic E-state index is 4.17.